The van der Waals surface area contributed by atoms with Gasteiger partial charge in [0.2, 0.25) is 5.91 Å². The molecule has 4 heteroatoms. The molecule has 2 rings (SSSR count). The number of piperidine rings is 1. The molecule has 0 aromatic heterocycles. The van der Waals surface area contributed by atoms with E-state index in [1.165, 1.54) is 12.1 Å². The minimum absolute atomic E-state index is 0.0703. The Morgan fingerprint density at radius 3 is 2.85 bits per heavy atom. The molecule has 2 N–H and O–H groups in total. The number of carbonyl (C=O) groups is 1. The van der Waals surface area contributed by atoms with Crippen LogP contribution in [0.3, 0.4) is 0 Å². The van der Waals surface area contributed by atoms with E-state index in [0.29, 0.717) is 5.92 Å². The van der Waals surface area contributed by atoms with Crippen molar-refractivity contribution >= 4 is 5.91 Å². The molecule has 0 bridgehead atoms. The second-order valence-corrected chi connectivity index (χ2v) is 5.82. The van der Waals surface area contributed by atoms with Crippen LogP contribution in [0.25, 0.3) is 0 Å². The van der Waals surface area contributed by atoms with E-state index in [1.807, 2.05) is 18.7 Å². The number of carbonyl (C=O) groups excluding carboxylic acids is 1. The summed E-state index contributed by atoms with van der Waals surface area (Å²) in [6.07, 6.45) is 2.07. The summed E-state index contributed by atoms with van der Waals surface area (Å²) in [5.41, 5.74) is 6.68. The van der Waals surface area contributed by atoms with E-state index in [2.05, 4.69) is 0 Å². The molecular weight excluding hydrogens is 255 g/mol. The summed E-state index contributed by atoms with van der Waals surface area (Å²) < 4.78 is 13.3. The quantitative estimate of drug-likeness (QED) is 0.923. The first kappa shape index (κ1) is 15.0. The summed E-state index contributed by atoms with van der Waals surface area (Å²) in [6, 6.07) is 6.40. The minimum Gasteiger partial charge on any atom is -0.342 e. The van der Waals surface area contributed by atoms with Crippen molar-refractivity contribution in [3.63, 3.8) is 0 Å². The monoisotopic (exact) mass is 278 g/mol. The summed E-state index contributed by atoms with van der Waals surface area (Å²) in [5.74, 6) is -0.167. The Morgan fingerprint density at radius 1 is 1.45 bits per heavy atom. The summed E-state index contributed by atoms with van der Waals surface area (Å²) >= 11 is 0. The second-order valence-electron chi connectivity index (χ2n) is 5.82. The third-order valence-electron chi connectivity index (χ3n) is 4.23. The normalized spacial score (nSPS) is 22.4. The Balaban J connectivity index is 2.06. The first-order chi connectivity index (χ1) is 9.49. The van der Waals surface area contributed by atoms with Gasteiger partial charge in [0, 0.05) is 19.1 Å². The minimum atomic E-state index is -0.308. The largest absolute Gasteiger partial charge is 0.342 e. The highest BCUT2D eigenvalue weighted by Gasteiger charge is 2.28. The maximum atomic E-state index is 13.3. The highest BCUT2D eigenvalue weighted by Crippen LogP contribution is 2.24. The highest BCUT2D eigenvalue weighted by molar-refractivity contribution is 5.83. The van der Waals surface area contributed by atoms with Gasteiger partial charge in [-0.2, -0.15) is 0 Å². The topological polar surface area (TPSA) is 46.3 Å². The van der Waals surface area contributed by atoms with Gasteiger partial charge < -0.3 is 10.6 Å². The molecule has 0 spiro atoms. The fourth-order valence-electron chi connectivity index (χ4n) is 2.83. The predicted molar refractivity (Wildman–Crippen MR) is 77.8 cm³/mol. The van der Waals surface area contributed by atoms with E-state index in [4.69, 9.17) is 5.73 Å². The number of halogens is 1. The Hall–Kier alpha value is -1.42. The SMILES string of the molecule is CC(C(=O)N1CCCC(C(C)N)C1)c1cccc(F)c1. The fourth-order valence-corrected chi connectivity index (χ4v) is 2.83. The number of nitrogens with zero attached hydrogens (tertiary/aromatic N) is 1. The second kappa shape index (κ2) is 6.35. The van der Waals surface area contributed by atoms with Crippen LogP contribution in [0.1, 0.15) is 38.2 Å². The molecule has 3 unspecified atom stereocenters. The first-order valence-electron chi connectivity index (χ1n) is 7.29. The van der Waals surface area contributed by atoms with Gasteiger partial charge in [0.1, 0.15) is 5.82 Å². The zero-order valence-corrected chi connectivity index (χ0v) is 12.2. The van der Waals surface area contributed by atoms with Crippen LogP contribution < -0.4 is 5.73 Å². The van der Waals surface area contributed by atoms with Gasteiger partial charge in [0.25, 0.3) is 0 Å². The molecule has 1 aliphatic heterocycles. The Kier molecular flexibility index (Phi) is 4.76. The molecule has 20 heavy (non-hydrogen) atoms. The van der Waals surface area contributed by atoms with Crippen LogP contribution in [0, 0.1) is 11.7 Å². The average molecular weight is 278 g/mol. The lowest BCUT2D eigenvalue weighted by Gasteiger charge is -2.36. The Labute approximate surface area is 120 Å². The molecule has 1 heterocycles. The van der Waals surface area contributed by atoms with Crippen molar-refractivity contribution in [2.24, 2.45) is 11.7 Å². The third kappa shape index (κ3) is 3.37. The smallest absolute Gasteiger partial charge is 0.229 e. The molecule has 0 radical (unpaired) electrons. The van der Waals surface area contributed by atoms with Gasteiger partial charge in [-0.15, -0.1) is 0 Å². The zero-order valence-electron chi connectivity index (χ0n) is 12.2. The van der Waals surface area contributed by atoms with Gasteiger partial charge in [-0.25, -0.2) is 4.39 Å². The fraction of sp³-hybridized carbons (Fsp3) is 0.562. The molecule has 1 amide bonds. The van der Waals surface area contributed by atoms with Crippen LogP contribution in [0.5, 0.6) is 0 Å². The van der Waals surface area contributed by atoms with Gasteiger partial charge in [-0.1, -0.05) is 12.1 Å². The number of nitrogens with two attached hydrogens (primary N) is 1. The van der Waals surface area contributed by atoms with Crippen LogP contribution in [0.4, 0.5) is 4.39 Å². The molecule has 0 aliphatic carbocycles. The summed E-state index contributed by atoms with van der Waals surface area (Å²) in [4.78, 5) is 14.4. The molecule has 1 fully saturated rings. The van der Waals surface area contributed by atoms with E-state index < -0.39 is 0 Å². The maximum absolute atomic E-state index is 13.3. The molecular formula is C16H23FN2O. The van der Waals surface area contributed by atoms with Crippen molar-refractivity contribution < 1.29 is 9.18 Å². The van der Waals surface area contributed by atoms with Crippen molar-refractivity contribution in [2.45, 2.75) is 38.6 Å². The lowest BCUT2D eigenvalue weighted by Crippen LogP contribution is -2.46. The van der Waals surface area contributed by atoms with Crippen molar-refractivity contribution in [1.82, 2.24) is 4.90 Å². The lowest BCUT2D eigenvalue weighted by molar-refractivity contribution is -0.134. The lowest BCUT2D eigenvalue weighted by atomic mass is 9.90. The van der Waals surface area contributed by atoms with E-state index in [0.717, 1.165) is 31.5 Å². The number of hydrogen-bond donors (Lipinski definition) is 1. The molecule has 1 aliphatic rings. The zero-order chi connectivity index (χ0) is 14.7. The molecule has 3 atom stereocenters. The maximum Gasteiger partial charge on any atom is 0.229 e. The van der Waals surface area contributed by atoms with Gasteiger partial charge in [-0.05, 0) is 50.3 Å². The van der Waals surface area contributed by atoms with Gasteiger partial charge in [0.15, 0.2) is 0 Å². The molecule has 0 saturated carbocycles. The summed E-state index contributed by atoms with van der Waals surface area (Å²) in [5, 5.41) is 0. The van der Waals surface area contributed by atoms with Crippen molar-refractivity contribution in [3.8, 4) is 0 Å². The molecule has 3 nitrogen and oxygen atoms in total. The van der Waals surface area contributed by atoms with Crippen LogP contribution in [-0.2, 0) is 4.79 Å². The van der Waals surface area contributed by atoms with Crippen molar-refractivity contribution in [2.75, 3.05) is 13.1 Å². The van der Waals surface area contributed by atoms with Crippen molar-refractivity contribution in [1.29, 1.82) is 0 Å². The van der Waals surface area contributed by atoms with E-state index in [1.54, 1.807) is 12.1 Å². The van der Waals surface area contributed by atoms with Gasteiger partial charge in [-0.3, -0.25) is 4.79 Å². The predicted octanol–water partition coefficient (Wildman–Crippen LogP) is 2.52. The summed E-state index contributed by atoms with van der Waals surface area (Å²) in [7, 11) is 0. The molecule has 1 saturated heterocycles. The van der Waals surface area contributed by atoms with Gasteiger partial charge in [0.05, 0.1) is 5.92 Å². The van der Waals surface area contributed by atoms with Crippen LogP contribution in [-0.4, -0.2) is 29.9 Å². The van der Waals surface area contributed by atoms with Crippen LogP contribution >= 0.6 is 0 Å². The van der Waals surface area contributed by atoms with Crippen molar-refractivity contribution in [3.05, 3.63) is 35.6 Å². The van der Waals surface area contributed by atoms with E-state index >= 15 is 0 Å². The molecule has 1 aromatic carbocycles. The van der Waals surface area contributed by atoms with Crippen LogP contribution in [0.2, 0.25) is 0 Å². The highest BCUT2D eigenvalue weighted by atomic mass is 19.1. The van der Waals surface area contributed by atoms with E-state index in [9.17, 15) is 9.18 Å². The van der Waals surface area contributed by atoms with Gasteiger partial charge >= 0.3 is 0 Å². The number of likely N-dealkylation sites (tertiary alicyclic amines) is 1. The van der Waals surface area contributed by atoms with E-state index in [-0.39, 0.29) is 23.7 Å². The first-order valence-corrected chi connectivity index (χ1v) is 7.29. The average Bonchev–Trinajstić information content (AvgIpc) is 2.45. The Morgan fingerprint density at radius 2 is 2.20 bits per heavy atom. The number of rotatable bonds is 3. The number of amides is 1. The molecule has 1 aromatic rings. The number of hydrogen-bond acceptors (Lipinski definition) is 2. The van der Waals surface area contributed by atoms with Crippen LogP contribution in [0.15, 0.2) is 24.3 Å². The molecule has 110 valence electrons. The standard InChI is InChI=1S/C16H23FN2O/c1-11(13-5-3-7-15(17)9-13)16(20)19-8-4-6-14(10-19)12(2)18/h3,5,7,9,11-12,14H,4,6,8,10,18H2,1-2H3. The Bertz CT molecular complexity index is 475. The third-order valence-corrected chi connectivity index (χ3v) is 4.23. The number of benzene rings is 1. The summed E-state index contributed by atoms with van der Waals surface area (Å²) in [6.45, 7) is 5.33.